The van der Waals surface area contributed by atoms with Crippen LogP contribution in [0.2, 0.25) is 0 Å². The second-order valence-corrected chi connectivity index (χ2v) is 5.15. The Morgan fingerprint density at radius 1 is 1.38 bits per heavy atom. The number of aliphatic hydroxyl groups is 1. The van der Waals surface area contributed by atoms with Crippen LogP contribution in [0.15, 0.2) is 24.3 Å². The smallest absolute Gasteiger partial charge is 0.236 e. The summed E-state index contributed by atoms with van der Waals surface area (Å²) >= 11 is 0. The summed E-state index contributed by atoms with van der Waals surface area (Å²) in [6.07, 6.45) is 0.247. The van der Waals surface area contributed by atoms with Gasteiger partial charge in [-0.25, -0.2) is 0 Å². The molecule has 1 rings (SSSR count). The third kappa shape index (κ3) is 6.60. The first-order valence-corrected chi connectivity index (χ1v) is 7.42. The van der Waals surface area contributed by atoms with E-state index in [0.717, 1.165) is 17.7 Å². The first-order valence-electron chi connectivity index (χ1n) is 7.42. The molecule has 2 atom stereocenters. The van der Waals surface area contributed by atoms with Gasteiger partial charge in [-0.1, -0.05) is 25.1 Å². The van der Waals surface area contributed by atoms with Crippen LogP contribution in [0.1, 0.15) is 25.8 Å². The molecule has 0 aliphatic rings. The van der Waals surface area contributed by atoms with E-state index in [0.29, 0.717) is 13.1 Å². The molecule has 0 aliphatic carbocycles. The topological polar surface area (TPSA) is 70.6 Å². The molecule has 118 valence electrons. The maximum absolute atomic E-state index is 11.7. The highest BCUT2D eigenvalue weighted by molar-refractivity contribution is 5.81. The van der Waals surface area contributed by atoms with E-state index < -0.39 is 6.10 Å². The summed E-state index contributed by atoms with van der Waals surface area (Å²) in [5.41, 5.74) is 1.03. The van der Waals surface area contributed by atoms with E-state index in [1.807, 2.05) is 38.1 Å². The summed E-state index contributed by atoms with van der Waals surface area (Å²) < 4.78 is 5.57. The molecule has 2 unspecified atom stereocenters. The highest BCUT2D eigenvalue weighted by atomic mass is 16.5. The molecular formula is C16H26N2O3. The van der Waals surface area contributed by atoms with E-state index in [4.69, 9.17) is 4.74 Å². The third-order valence-electron chi connectivity index (χ3n) is 3.13. The van der Waals surface area contributed by atoms with E-state index in [9.17, 15) is 9.90 Å². The maximum atomic E-state index is 11.7. The van der Waals surface area contributed by atoms with Gasteiger partial charge in [-0.15, -0.1) is 0 Å². The molecule has 0 saturated heterocycles. The van der Waals surface area contributed by atoms with Crippen molar-refractivity contribution < 1.29 is 14.6 Å². The van der Waals surface area contributed by atoms with Crippen LogP contribution in [0.3, 0.4) is 0 Å². The molecule has 0 radical (unpaired) electrons. The van der Waals surface area contributed by atoms with Crippen molar-refractivity contribution in [3.63, 3.8) is 0 Å². The van der Waals surface area contributed by atoms with Crippen molar-refractivity contribution in [1.29, 1.82) is 0 Å². The highest BCUT2D eigenvalue weighted by Crippen LogP contribution is 2.16. The lowest BCUT2D eigenvalue weighted by Crippen LogP contribution is -2.45. The van der Waals surface area contributed by atoms with Crippen LogP contribution in [-0.4, -0.2) is 42.9 Å². The van der Waals surface area contributed by atoms with Crippen molar-refractivity contribution in [1.82, 2.24) is 10.6 Å². The number of hydrogen-bond acceptors (Lipinski definition) is 4. The van der Waals surface area contributed by atoms with Crippen molar-refractivity contribution in [2.45, 2.75) is 39.3 Å². The molecule has 0 spiro atoms. The van der Waals surface area contributed by atoms with Gasteiger partial charge < -0.3 is 20.5 Å². The normalized spacial score (nSPS) is 13.5. The summed E-state index contributed by atoms with van der Waals surface area (Å²) in [7, 11) is 0. The van der Waals surface area contributed by atoms with E-state index in [-0.39, 0.29) is 18.6 Å². The molecule has 21 heavy (non-hydrogen) atoms. The average molecular weight is 294 g/mol. The quantitative estimate of drug-likeness (QED) is 0.641. The van der Waals surface area contributed by atoms with Gasteiger partial charge in [0.25, 0.3) is 0 Å². The molecule has 1 aromatic rings. The lowest BCUT2D eigenvalue weighted by molar-refractivity contribution is -0.122. The molecule has 3 N–H and O–H groups in total. The molecule has 1 aromatic carbocycles. The summed E-state index contributed by atoms with van der Waals surface area (Å²) in [6.45, 7) is 6.92. The number of hydrogen-bond donors (Lipinski definition) is 3. The van der Waals surface area contributed by atoms with Crippen molar-refractivity contribution in [2.75, 3.05) is 19.7 Å². The first-order chi connectivity index (χ1) is 10.0. The molecule has 0 heterocycles. The van der Waals surface area contributed by atoms with E-state index in [2.05, 4.69) is 10.6 Å². The Morgan fingerprint density at radius 3 is 2.76 bits per heavy atom. The number of rotatable bonds is 9. The second kappa shape index (κ2) is 9.37. The van der Waals surface area contributed by atoms with Crippen LogP contribution >= 0.6 is 0 Å². The molecule has 0 aliphatic heterocycles. The number of benzene rings is 1. The van der Waals surface area contributed by atoms with Crippen LogP contribution in [0, 0.1) is 6.92 Å². The Hall–Kier alpha value is -1.59. The monoisotopic (exact) mass is 294 g/mol. The maximum Gasteiger partial charge on any atom is 0.236 e. The SMILES string of the molecule is CCCNC(=O)C(C)NCC(O)COc1ccccc1C. The average Bonchev–Trinajstić information content (AvgIpc) is 2.49. The number of para-hydroxylation sites is 1. The minimum atomic E-state index is -0.661. The van der Waals surface area contributed by atoms with Crippen molar-refractivity contribution in [3.8, 4) is 5.75 Å². The summed E-state index contributed by atoms with van der Waals surface area (Å²) in [4.78, 5) is 11.7. The van der Waals surface area contributed by atoms with Gasteiger partial charge in [-0.2, -0.15) is 0 Å². The van der Waals surface area contributed by atoms with Crippen LogP contribution in [0.4, 0.5) is 0 Å². The summed E-state index contributed by atoms with van der Waals surface area (Å²) in [6, 6.07) is 7.34. The van der Waals surface area contributed by atoms with Crippen LogP contribution in [-0.2, 0) is 4.79 Å². The second-order valence-electron chi connectivity index (χ2n) is 5.15. The zero-order valence-electron chi connectivity index (χ0n) is 13.1. The number of amides is 1. The van der Waals surface area contributed by atoms with Gasteiger partial charge in [0.1, 0.15) is 18.5 Å². The van der Waals surface area contributed by atoms with Gasteiger partial charge in [-0.3, -0.25) is 4.79 Å². The van der Waals surface area contributed by atoms with Crippen molar-refractivity contribution >= 4 is 5.91 Å². The highest BCUT2D eigenvalue weighted by Gasteiger charge is 2.14. The van der Waals surface area contributed by atoms with Crippen LogP contribution < -0.4 is 15.4 Å². The van der Waals surface area contributed by atoms with E-state index in [1.54, 1.807) is 6.92 Å². The lowest BCUT2D eigenvalue weighted by atomic mass is 10.2. The molecule has 1 amide bonds. The van der Waals surface area contributed by atoms with Crippen LogP contribution in [0.5, 0.6) is 5.75 Å². The molecule has 5 nitrogen and oxygen atoms in total. The minimum absolute atomic E-state index is 0.0520. The largest absolute Gasteiger partial charge is 0.491 e. The fourth-order valence-electron chi connectivity index (χ4n) is 1.77. The fraction of sp³-hybridized carbons (Fsp3) is 0.562. The number of carbonyl (C=O) groups is 1. The Labute approximate surface area is 126 Å². The zero-order valence-corrected chi connectivity index (χ0v) is 13.1. The van der Waals surface area contributed by atoms with Crippen LogP contribution in [0.25, 0.3) is 0 Å². The number of carbonyl (C=O) groups excluding carboxylic acids is 1. The van der Waals surface area contributed by atoms with Gasteiger partial charge in [0.05, 0.1) is 6.04 Å². The summed E-state index contributed by atoms with van der Waals surface area (Å²) in [5, 5.41) is 15.7. The Kier molecular flexibility index (Phi) is 7.79. The Balaban J connectivity index is 2.26. The predicted octanol–water partition coefficient (Wildman–Crippen LogP) is 1.24. The van der Waals surface area contributed by atoms with Crippen molar-refractivity contribution in [2.24, 2.45) is 0 Å². The number of nitrogens with one attached hydrogen (secondary N) is 2. The molecule has 5 heteroatoms. The van der Waals surface area contributed by atoms with Crippen molar-refractivity contribution in [3.05, 3.63) is 29.8 Å². The molecule has 0 bridgehead atoms. The molecular weight excluding hydrogens is 268 g/mol. The lowest BCUT2D eigenvalue weighted by Gasteiger charge is -2.17. The molecule has 0 saturated carbocycles. The van der Waals surface area contributed by atoms with Gasteiger partial charge in [0.2, 0.25) is 5.91 Å². The number of aryl methyl sites for hydroxylation is 1. The van der Waals surface area contributed by atoms with Gasteiger partial charge in [0, 0.05) is 13.1 Å². The zero-order chi connectivity index (χ0) is 15.7. The summed E-state index contributed by atoms with van der Waals surface area (Å²) in [5.74, 6) is 0.717. The van der Waals surface area contributed by atoms with E-state index >= 15 is 0 Å². The number of aliphatic hydroxyl groups excluding tert-OH is 1. The van der Waals surface area contributed by atoms with E-state index in [1.165, 1.54) is 0 Å². The fourth-order valence-corrected chi connectivity index (χ4v) is 1.77. The Morgan fingerprint density at radius 2 is 2.10 bits per heavy atom. The minimum Gasteiger partial charge on any atom is -0.491 e. The predicted molar refractivity (Wildman–Crippen MR) is 83.4 cm³/mol. The molecule has 0 fully saturated rings. The standard InChI is InChI=1S/C16H26N2O3/c1-4-9-17-16(20)13(3)18-10-14(19)11-21-15-8-6-5-7-12(15)2/h5-8,13-14,18-19H,4,9-11H2,1-3H3,(H,17,20). The third-order valence-corrected chi connectivity index (χ3v) is 3.13. The first kappa shape index (κ1) is 17.5. The molecule has 0 aromatic heterocycles. The van der Waals surface area contributed by atoms with Gasteiger partial charge in [-0.05, 0) is 31.9 Å². The van der Waals surface area contributed by atoms with Gasteiger partial charge >= 0.3 is 0 Å². The Bertz CT molecular complexity index is 437. The number of ether oxygens (including phenoxy) is 1. The van der Waals surface area contributed by atoms with Gasteiger partial charge in [0.15, 0.2) is 0 Å².